The summed E-state index contributed by atoms with van der Waals surface area (Å²) < 4.78 is 1.20. The molecule has 21 heavy (non-hydrogen) atoms. The highest BCUT2D eigenvalue weighted by molar-refractivity contribution is 5.55. The molecule has 1 rings (SSSR count). The van der Waals surface area contributed by atoms with E-state index in [1.54, 1.807) is 0 Å². The number of hydrogen-bond acceptors (Lipinski definition) is 5. The Balaban J connectivity index is 2.44. The van der Waals surface area contributed by atoms with E-state index >= 15 is 0 Å². The third-order valence-electron chi connectivity index (χ3n) is 3.54. The molecule has 0 fully saturated rings. The van der Waals surface area contributed by atoms with Crippen molar-refractivity contribution < 1.29 is 0 Å². The van der Waals surface area contributed by atoms with Crippen LogP contribution in [-0.4, -0.2) is 9.55 Å². The lowest BCUT2D eigenvalue weighted by Gasteiger charge is -2.09. The van der Waals surface area contributed by atoms with Gasteiger partial charge in [0.2, 0.25) is 5.69 Å². The summed E-state index contributed by atoms with van der Waals surface area (Å²) in [5.74, 6) is -0.151. The molecular weight excluding hydrogens is 272 g/mol. The Labute approximate surface area is 123 Å². The van der Waals surface area contributed by atoms with E-state index in [1.165, 1.54) is 36.7 Å². The number of nitrogens with one attached hydrogen (secondary N) is 1. The number of aromatic amines is 1. The molecule has 7 nitrogen and oxygen atoms in total. The van der Waals surface area contributed by atoms with Gasteiger partial charge in [-0.15, -0.1) is 4.91 Å². The van der Waals surface area contributed by atoms with Gasteiger partial charge in [-0.05, 0) is 11.6 Å². The van der Waals surface area contributed by atoms with Crippen molar-refractivity contribution in [3.05, 3.63) is 25.7 Å². The molecule has 118 valence electrons. The van der Waals surface area contributed by atoms with Gasteiger partial charge >= 0.3 is 5.69 Å². The van der Waals surface area contributed by atoms with Crippen LogP contribution in [0.2, 0.25) is 0 Å². The van der Waals surface area contributed by atoms with Crippen LogP contribution in [0.3, 0.4) is 0 Å². The zero-order valence-corrected chi connectivity index (χ0v) is 12.6. The van der Waals surface area contributed by atoms with Crippen molar-refractivity contribution in [2.75, 3.05) is 5.73 Å². The SMILES string of the molecule is CCCCCCCCCCn1c(N)c(N=O)c(=O)[nH]c1=O. The van der Waals surface area contributed by atoms with Crippen LogP contribution in [0.5, 0.6) is 0 Å². The Morgan fingerprint density at radius 3 is 2.19 bits per heavy atom. The summed E-state index contributed by atoms with van der Waals surface area (Å²) in [5.41, 5.74) is 3.79. The molecule has 0 radical (unpaired) electrons. The van der Waals surface area contributed by atoms with Gasteiger partial charge in [0, 0.05) is 6.54 Å². The maximum atomic E-state index is 11.7. The average molecular weight is 296 g/mol. The molecule has 7 heteroatoms. The smallest absolute Gasteiger partial charge is 0.330 e. The van der Waals surface area contributed by atoms with Crippen LogP contribution in [0.4, 0.5) is 11.5 Å². The van der Waals surface area contributed by atoms with E-state index in [9.17, 15) is 14.5 Å². The second-order valence-corrected chi connectivity index (χ2v) is 5.21. The first-order valence-electron chi connectivity index (χ1n) is 7.57. The van der Waals surface area contributed by atoms with Gasteiger partial charge in [-0.3, -0.25) is 14.3 Å². The Hall–Kier alpha value is -1.92. The lowest BCUT2D eigenvalue weighted by molar-refractivity contribution is 0.536. The molecule has 0 aliphatic carbocycles. The number of nitroso groups, excluding NO2 is 1. The van der Waals surface area contributed by atoms with Crippen molar-refractivity contribution in [2.24, 2.45) is 5.18 Å². The molecule has 0 spiro atoms. The number of anilines is 1. The van der Waals surface area contributed by atoms with Crippen LogP contribution in [-0.2, 0) is 6.54 Å². The highest BCUT2D eigenvalue weighted by Gasteiger charge is 2.12. The van der Waals surface area contributed by atoms with E-state index < -0.39 is 16.9 Å². The van der Waals surface area contributed by atoms with Crippen molar-refractivity contribution in [1.82, 2.24) is 9.55 Å². The van der Waals surface area contributed by atoms with E-state index in [1.807, 2.05) is 0 Å². The minimum Gasteiger partial charge on any atom is -0.383 e. The predicted octanol–water partition coefficient (Wildman–Crippen LogP) is 2.66. The molecule has 0 aliphatic heterocycles. The number of aromatic nitrogens is 2. The van der Waals surface area contributed by atoms with Gasteiger partial charge in [-0.2, -0.15) is 0 Å². The van der Waals surface area contributed by atoms with Crippen molar-refractivity contribution in [3.63, 3.8) is 0 Å². The van der Waals surface area contributed by atoms with Crippen LogP contribution in [0.15, 0.2) is 14.8 Å². The van der Waals surface area contributed by atoms with Gasteiger partial charge in [-0.25, -0.2) is 4.79 Å². The summed E-state index contributed by atoms with van der Waals surface area (Å²) in [6, 6.07) is 0. The monoisotopic (exact) mass is 296 g/mol. The number of nitrogen functional groups attached to an aromatic ring is 1. The fraction of sp³-hybridized carbons (Fsp3) is 0.714. The normalized spacial score (nSPS) is 10.7. The Morgan fingerprint density at radius 1 is 1.05 bits per heavy atom. The zero-order valence-electron chi connectivity index (χ0n) is 12.6. The standard InChI is InChI=1S/C14H24N4O3/c1-2-3-4-5-6-7-8-9-10-18-12(15)11(17-21)13(19)16-14(18)20/h2-10,15H2,1H3,(H,16,19,20). The van der Waals surface area contributed by atoms with Crippen molar-refractivity contribution >= 4 is 11.5 Å². The fourth-order valence-electron chi connectivity index (χ4n) is 2.29. The second kappa shape index (κ2) is 9.10. The number of nitrogens with two attached hydrogens (primary N) is 1. The highest BCUT2D eigenvalue weighted by atomic mass is 16.3. The maximum absolute atomic E-state index is 11.7. The zero-order chi connectivity index (χ0) is 15.7. The minimum atomic E-state index is -0.834. The molecule has 3 N–H and O–H groups in total. The van der Waals surface area contributed by atoms with E-state index in [0.29, 0.717) is 6.54 Å². The highest BCUT2D eigenvalue weighted by Crippen LogP contribution is 2.14. The summed E-state index contributed by atoms with van der Waals surface area (Å²) in [6.07, 6.45) is 9.11. The molecule has 1 aromatic rings. The predicted molar refractivity (Wildman–Crippen MR) is 83.8 cm³/mol. The lowest BCUT2D eigenvalue weighted by atomic mass is 10.1. The first-order chi connectivity index (χ1) is 10.1. The molecular formula is C14H24N4O3. The molecule has 0 saturated carbocycles. The van der Waals surface area contributed by atoms with Crippen LogP contribution < -0.4 is 17.0 Å². The first kappa shape index (κ1) is 17.1. The summed E-state index contributed by atoms with van der Waals surface area (Å²) >= 11 is 0. The number of rotatable bonds is 10. The lowest BCUT2D eigenvalue weighted by Crippen LogP contribution is -2.32. The summed E-state index contributed by atoms with van der Waals surface area (Å²) in [5, 5.41) is 2.58. The summed E-state index contributed by atoms with van der Waals surface area (Å²) in [7, 11) is 0. The van der Waals surface area contributed by atoms with E-state index in [4.69, 9.17) is 5.73 Å². The van der Waals surface area contributed by atoms with Gasteiger partial charge in [0.15, 0.2) is 0 Å². The number of unbranched alkanes of at least 4 members (excludes halogenated alkanes) is 7. The van der Waals surface area contributed by atoms with Crippen molar-refractivity contribution in [2.45, 2.75) is 64.8 Å². The Kier molecular flexibility index (Phi) is 7.42. The topological polar surface area (TPSA) is 110 Å². The van der Waals surface area contributed by atoms with Crippen LogP contribution >= 0.6 is 0 Å². The molecule has 0 atom stereocenters. The third-order valence-corrected chi connectivity index (χ3v) is 3.54. The second-order valence-electron chi connectivity index (χ2n) is 5.21. The van der Waals surface area contributed by atoms with Gasteiger partial charge in [-0.1, -0.05) is 51.9 Å². The Morgan fingerprint density at radius 2 is 1.62 bits per heavy atom. The average Bonchev–Trinajstić information content (AvgIpc) is 2.45. The summed E-state index contributed by atoms with van der Waals surface area (Å²) in [4.78, 5) is 35.6. The Bertz CT molecular complexity index is 562. The third kappa shape index (κ3) is 5.17. The van der Waals surface area contributed by atoms with Crippen molar-refractivity contribution in [1.29, 1.82) is 0 Å². The molecule has 1 heterocycles. The molecule has 0 saturated heterocycles. The number of nitrogens with zero attached hydrogens (tertiary/aromatic N) is 2. The van der Waals surface area contributed by atoms with Gasteiger partial charge in [0.1, 0.15) is 5.82 Å². The molecule has 0 amide bonds. The number of hydrogen-bond donors (Lipinski definition) is 2. The molecule has 0 aliphatic rings. The number of H-pyrrole nitrogens is 1. The largest absolute Gasteiger partial charge is 0.383 e. The molecule has 0 aromatic carbocycles. The van der Waals surface area contributed by atoms with Crippen LogP contribution in [0, 0.1) is 4.91 Å². The fourth-order valence-corrected chi connectivity index (χ4v) is 2.29. The molecule has 0 bridgehead atoms. The molecule has 1 aromatic heterocycles. The van der Waals surface area contributed by atoms with Crippen molar-refractivity contribution in [3.8, 4) is 0 Å². The van der Waals surface area contributed by atoms with E-state index in [2.05, 4.69) is 17.1 Å². The summed E-state index contributed by atoms with van der Waals surface area (Å²) in [6.45, 7) is 2.58. The van der Waals surface area contributed by atoms with E-state index in [0.717, 1.165) is 19.3 Å². The van der Waals surface area contributed by atoms with E-state index in [-0.39, 0.29) is 5.82 Å². The van der Waals surface area contributed by atoms with Crippen LogP contribution in [0.1, 0.15) is 58.3 Å². The minimum absolute atomic E-state index is 0.151. The van der Waals surface area contributed by atoms with Gasteiger partial charge in [0.05, 0.1) is 0 Å². The van der Waals surface area contributed by atoms with Gasteiger partial charge in [0.25, 0.3) is 5.56 Å². The maximum Gasteiger partial charge on any atom is 0.330 e. The van der Waals surface area contributed by atoms with Gasteiger partial charge < -0.3 is 5.73 Å². The quantitative estimate of drug-likeness (QED) is 0.510. The molecule has 0 unspecified atom stereocenters. The first-order valence-corrected chi connectivity index (χ1v) is 7.57. The van der Waals surface area contributed by atoms with Crippen LogP contribution in [0.25, 0.3) is 0 Å².